The monoisotopic (exact) mass is 469 g/mol. The molecule has 5 heterocycles. The van der Waals surface area contributed by atoms with Gasteiger partial charge in [0.05, 0.1) is 23.4 Å². The molecule has 0 radical (unpaired) electrons. The second-order valence-electron chi connectivity index (χ2n) is 8.74. The number of aromatic amines is 2. The van der Waals surface area contributed by atoms with Gasteiger partial charge in [0.25, 0.3) is 11.8 Å². The summed E-state index contributed by atoms with van der Waals surface area (Å²) in [6.07, 6.45) is 6.13. The standard InChI is InChI=1S/C24H23N9O2/c1-14-10-15(11-16-13-25-30-21(14)16)23(34)26-19-12-17(28-29-19)18-6-2-4-8-32(18)24(35)22-27-20-7-3-5-9-33(20)31-22/h3,5,7,9-13,18H,2,4,6,8H2,1H3,(H,25,30)(H2,26,28,29,34). The van der Waals surface area contributed by atoms with E-state index >= 15 is 0 Å². The number of likely N-dealkylation sites (tertiary alicyclic amines) is 1. The average Bonchev–Trinajstić information content (AvgIpc) is 3.63. The Hall–Kier alpha value is -4.54. The minimum atomic E-state index is -0.264. The predicted molar refractivity (Wildman–Crippen MR) is 128 cm³/mol. The zero-order chi connectivity index (χ0) is 23.9. The molecule has 0 aliphatic carbocycles. The highest BCUT2D eigenvalue weighted by atomic mass is 16.2. The van der Waals surface area contributed by atoms with E-state index in [0.717, 1.165) is 41.4 Å². The molecule has 35 heavy (non-hydrogen) atoms. The van der Waals surface area contributed by atoms with Crippen molar-refractivity contribution in [3.05, 3.63) is 71.4 Å². The molecular weight excluding hydrogens is 446 g/mol. The van der Waals surface area contributed by atoms with Gasteiger partial charge in [-0.1, -0.05) is 6.07 Å². The van der Waals surface area contributed by atoms with E-state index in [0.29, 0.717) is 23.6 Å². The van der Waals surface area contributed by atoms with Gasteiger partial charge in [0.1, 0.15) is 0 Å². The summed E-state index contributed by atoms with van der Waals surface area (Å²) in [6, 6.07) is 10.7. The van der Waals surface area contributed by atoms with Crippen molar-refractivity contribution in [3.63, 3.8) is 0 Å². The minimum absolute atomic E-state index is 0.168. The quantitative estimate of drug-likeness (QED) is 0.369. The number of piperidine rings is 1. The van der Waals surface area contributed by atoms with E-state index in [2.05, 4.69) is 35.8 Å². The molecule has 11 nitrogen and oxygen atoms in total. The molecule has 0 bridgehead atoms. The van der Waals surface area contributed by atoms with Gasteiger partial charge in [-0.2, -0.15) is 10.2 Å². The lowest BCUT2D eigenvalue weighted by molar-refractivity contribution is 0.0593. The Morgan fingerprint density at radius 1 is 1.14 bits per heavy atom. The minimum Gasteiger partial charge on any atom is -0.327 e. The Morgan fingerprint density at radius 3 is 2.94 bits per heavy atom. The topological polar surface area (TPSA) is 137 Å². The summed E-state index contributed by atoms with van der Waals surface area (Å²) in [7, 11) is 0. The van der Waals surface area contributed by atoms with Gasteiger partial charge in [0.15, 0.2) is 11.5 Å². The van der Waals surface area contributed by atoms with Crippen LogP contribution < -0.4 is 5.32 Å². The van der Waals surface area contributed by atoms with Crippen LogP contribution in [0.15, 0.2) is 48.8 Å². The summed E-state index contributed by atoms with van der Waals surface area (Å²) < 4.78 is 1.60. The molecule has 4 aromatic heterocycles. The summed E-state index contributed by atoms with van der Waals surface area (Å²) in [4.78, 5) is 32.4. The lowest BCUT2D eigenvalue weighted by atomic mass is 9.99. The number of benzene rings is 1. The number of carbonyl (C=O) groups excluding carboxylic acids is 2. The second-order valence-corrected chi connectivity index (χ2v) is 8.74. The maximum absolute atomic E-state index is 13.3. The molecule has 1 unspecified atom stereocenters. The van der Waals surface area contributed by atoms with Gasteiger partial charge >= 0.3 is 0 Å². The Morgan fingerprint density at radius 2 is 2.06 bits per heavy atom. The molecular formula is C24H23N9O2. The number of fused-ring (bicyclic) bond motifs is 2. The van der Waals surface area contributed by atoms with Gasteiger partial charge in [-0.25, -0.2) is 9.50 Å². The molecule has 6 rings (SSSR count). The van der Waals surface area contributed by atoms with Crippen molar-refractivity contribution in [2.24, 2.45) is 0 Å². The molecule has 176 valence electrons. The van der Waals surface area contributed by atoms with E-state index < -0.39 is 0 Å². The highest BCUT2D eigenvalue weighted by molar-refractivity contribution is 6.06. The maximum atomic E-state index is 13.3. The first-order chi connectivity index (χ1) is 17.1. The number of hydrogen-bond donors (Lipinski definition) is 3. The van der Waals surface area contributed by atoms with Gasteiger partial charge in [0, 0.05) is 29.8 Å². The van der Waals surface area contributed by atoms with Crippen LogP contribution in [0.25, 0.3) is 16.6 Å². The Kier molecular flexibility index (Phi) is 5.02. The van der Waals surface area contributed by atoms with E-state index in [1.54, 1.807) is 33.9 Å². The third kappa shape index (κ3) is 3.80. The van der Waals surface area contributed by atoms with E-state index in [-0.39, 0.29) is 23.7 Å². The van der Waals surface area contributed by atoms with Gasteiger partial charge < -0.3 is 10.2 Å². The second kappa shape index (κ2) is 8.35. The first-order valence-corrected chi connectivity index (χ1v) is 11.5. The number of H-pyrrole nitrogens is 2. The molecule has 1 aromatic carbocycles. The lowest BCUT2D eigenvalue weighted by Crippen LogP contribution is -2.39. The number of anilines is 1. The first kappa shape index (κ1) is 21.0. The molecule has 5 aromatic rings. The fourth-order valence-electron chi connectivity index (χ4n) is 4.67. The third-order valence-corrected chi connectivity index (χ3v) is 6.40. The Bertz CT molecular complexity index is 1530. The summed E-state index contributed by atoms with van der Waals surface area (Å²) in [5.41, 5.74) is 3.75. The smallest absolute Gasteiger partial charge is 0.294 e. The molecule has 3 N–H and O–H groups in total. The van der Waals surface area contributed by atoms with Crippen LogP contribution in [0, 0.1) is 6.92 Å². The van der Waals surface area contributed by atoms with E-state index in [1.165, 1.54) is 0 Å². The molecule has 1 aliphatic heterocycles. The van der Waals surface area contributed by atoms with Crippen LogP contribution in [0.2, 0.25) is 0 Å². The van der Waals surface area contributed by atoms with Crippen LogP contribution in [0.4, 0.5) is 5.82 Å². The lowest BCUT2D eigenvalue weighted by Gasteiger charge is -2.34. The normalized spacial score (nSPS) is 16.1. The number of nitrogens with one attached hydrogen (secondary N) is 3. The van der Waals surface area contributed by atoms with Crippen LogP contribution in [-0.2, 0) is 0 Å². The molecule has 1 aliphatic rings. The zero-order valence-corrected chi connectivity index (χ0v) is 19.0. The van der Waals surface area contributed by atoms with Crippen LogP contribution in [0.1, 0.15) is 57.5 Å². The SMILES string of the molecule is Cc1cc(C(=O)Nc2cc(C3CCCCN3C(=O)c3nc4ccccn4n3)[nH]n2)cc2cn[nH]c12. The van der Waals surface area contributed by atoms with Crippen molar-refractivity contribution < 1.29 is 9.59 Å². The fraction of sp³-hybridized carbons (Fsp3) is 0.250. The van der Waals surface area contributed by atoms with E-state index in [1.807, 2.05) is 31.2 Å². The number of pyridine rings is 1. The van der Waals surface area contributed by atoms with Gasteiger partial charge in [-0.05, 0) is 56.0 Å². The summed E-state index contributed by atoms with van der Waals surface area (Å²) in [5.74, 6) is 0.0853. The highest BCUT2D eigenvalue weighted by Gasteiger charge is 2.32. The number of aromatic nitrogens is 7. The molecule has 0 saturated carbocycles. The summed E-state index contributed by atoms with van der Waals surface area (Å²) in [5, 5.41) is 22.3. The highest BCUT2D eigenvalue weighted by Crippen LogP contribution is 2.32. The maximum Gasteiger partial charge on any atom is 0.294 e. The molecule has 11 heteroatoms. The number of amides is 2. The van der Waals surface area contributed by atoms with Gasteiger partial charge in [-0.15, -0.1) is 5.10 Å². The zero-order valence-electron chi connectivity index (χ0n) is 19.0. The van der Waals surface area contributed by atoms with E-state index in [9.17, 15) is 9.59 Å². The van der Waals surface area contributed by atoms with Gasteiger partial charge in [-0.3, -0.25) is 19.8 Å². The molecule has 1 fully saturated rings. The number of aryl methyl sites for hydroxylation is 1. The van der Waals surface area contributed by atoms with Crippen LogP contribution in [0.3, 0.4) is 0 Å². The number of rotatable bonds is 4. The summed E-state index contributed by atoms with van der Waals surface area (Å²) in [6.45, 7) is 2.53. The molecule has 1 saturated heterocycles. The first-order valence-electron chi connectivity index (χ1n) is 11.5. The number of hydrogen-bond acceptors (Lipinski definition) is 6. The van der Waals surface area contributed by atoms with Crippen molar-refractivity contribution >= 4 is 34.2 Å². The van der Waals surface area contributed by atoms with Crippen LogP contribution in [0.5, 0.6) is 0 Å². The Labute approximate surface area is 199 Å². The predicted octanol–water partition coefficient (Wildman–Crippen LogP) is 3.26. The number of carbonyl (C=O) groups is 2. The third-order valence-electron chi connectivity index (χ3n) is 6.40. The van der Waals surface area contributed by atoms with E-state index in [4.69, 9.17) is 0 Å². The average molecular weight is 470 g/mol. The van der Waals surface area contributed by atoms with Crippen molar-refractivity contribution in [2.45, 2.75) is 32.2 Å². The van der Waals surface area contributed by atoms with Crippen molar-refractivity contribution in [1.82, 2.24) is 39.9 Å². The molecule has 0 spiro atoms. The van der Waals surface area contributed by atoms with Crippen molar-refractivity contribution in [3.8, 4) is 0 Å². The van der Waals surface area contributed by atoms with Crippen LogP contribution in [-0.4, -0.2) is 58.3 Å². The van der Waals surface area contributed by atoms with Gasteiger partial charge in [0.2, 0.25) is 5.82 Å². The molecule has 1 atom stereocenters. The van der Waals surface area contributed by atoms with Crippen molar-refractivity contribution in [1.29, 1.82) is 0 Å². The fourth-order valence-corrected chi connectivity index (χ4v) is 4.67. The Balaban J connectivity index is 1.22. The largest absolute Gasteiger partial charge is 0.327 e. The van der Waals surface area contributed by atoms with Crippen LogP contribution >= 0.6 is 0 Å². The van der Waals surface area contributed by atoms with Crippen molar-refractivity contribution in [2.75, 3.05) is 11.9 Å². The molecule has 2 amide bonds. The number of nitrogens with zero attached hydrogens (tertiary/aromatic N) is 6. The summed E-state index contributed by atoms with van der Waals surface area (Å²) >= 11 is 0.